The number of hydrogen-bond donors (Lipinski definition) is 0. The third kappa shape index (κ3) is 2.58. The minimum atomic E-state index is -0.0266. The molecule has 2 aromatic heterocycles. The van der Waals surface area contributed by atoms with Crippen molar-refractivity contribution in [2.45, 2.75) is 18.7 Å². The first-order valence-electron chi connectivity index (χ1n) is 7.52. The van der Waals surface area contributed by atoms with E-state index in [1.54, 1.807) is 29.7 Å². The van der Waals surface area contributed by atoms with Gasteiger partial charge in [0.15, 0.2) is 5.76 Å². The van der Waals surface area contributed by atoms with E-state index in [1.807, 2.05) is 4.90 Å². The van der Waals surface area contributed by atoms with Gasteiger partial charge in [-0.3, -0.25) is 9.69 Å². The lowest BCUT2D eigenvalue weighted by molar-refractivity contribution is -0.0380. The summed E-state index contributed by atoms with van der Waals surface area (Å²) >= 11 is 1.77. The molecule has 2 saturated heterocycles. The van der Waals surface area contributed by atoms with Crippen molar-refractivity contribution in [2.75, 3.05) is 26.2 Å². The van der Waals surface area contributed by atoms with Crippen molar-refractivity contribution in [2.24, 2.45) is 0 Å². The van der Waals surface area contributed by atoms with Crippen LogP contribution < -0.4 is 0 Å². The highest BCUT2D eigenvalue weighted by Crippen LogP contribution is 2.26. The topological polar surface area (TPSA) is 45.9 Å². The van der Waals surface area contributed by atoms with E-state index in [-0.39, 0.29) is 18.1 Å². The molecule has 5 nitrogen and oxygen atoms in total. The fourth-order valence-corrected chi connectivity index (χ4v) is 4.06. The number of nitrogens with zero attached hydrogens (tertiary/aromatic N) is 2. The molecule has 0 saturated carbocycles. The highest BCUT2D eigenvalue weighted by atomic mass is 32.1. The molecule has 22 heavy (non-hydrogen) atoms. The second kappa shape index (κ2) is 5.87. The first kappa shape index (κ1) is 14.0. The van der Waals surface area contributed by atoms with E-state index in [4.69, 9.17) is 9.15 Å². The number of amides is 1. The minimum Gasteiger partial charge on any atom is -0.459 e. The lowest BCUT2D eigenvalue weighted by Gasteiger charge is -2.36. The maximum atomic E-state index is 12.6. The number of likely N-dealkylation sites (tertiary alicyclic amines) is 1. The molecule has 2 aliphatic rings. The molecule has 2 aromatic rings. The van der Waals surface area contributed by atoms with Crippen molar-refractivity contribution in [3.63, 3.8) is 0 Å². The van der Waals surface area contributed by atoms with Gasteiger partial charge in [-0.05, 0) is 23.6 Å². The molecular weight excluding hydrogens is 300 g/mol. The van der Waals surface area contributed by atoms with Gasteiger partial charge in [0, 0.05) is 31.1 Å². The van der Waals surface area contributed by atoms with Gasteiger partial charge in [-0.25, -0.2) is 0 Å². The SMILES string of the molecule is O=C(c1ccco1)N1CCO[C@@H]2CN(Cc3cccs3)C[C@@H]21. The molecular formula is C16H18N2O3S. The van der Waals surface area contributed by atoms with E-state index >= 15 is 0 Å². The molecule has 2 atom stereocenters. The van der Waals surface area contributed by atoms with Gasteiger partial charge in [0.2, 0.25) is 0 Å². The summed E-state index contributed by atoms with van der Waals surface area (Å²) in [6, 6.07) is 7.82. The minimum absolute atomic E-state index is 0.0266. The number of thiophene rings is 1. The van der Waals surface area contributed by atoms with Crippen LogP contribution in [0.2, 0.25) is 0 Å². The Hall–Kier alpha value is -1.63. The van der Waals surface area contributed by atoms with Crippen molar-refractivity contribution in [1.82, 2.24) is 9.80 Å². The van der Waals surface area contributed by atoms with Crippen LogP contribution in [0.3, 0.4) is 0 Å². The summed E-state index contributed by atoms with van der Waals surface area (Å²) in [6.45, 7) is 3.89. The number of carbonyl (C=O) groups is 1. The van der Waals surface area contributed by atoms with Gasteiger partial charge in [-0.1, -0.05) is 6.07 Å². The Morgan fingerprint density at radius 2 is 2.27 bits per heavy atom. The van der Waals surface area contributed by atoms with Crippen molar-refractivity contribution >= 4 is 17.2 Å². The summed E-state index contributed by atoms with van der Waals surface area (Å²) in [4.78, 5) is 18.2. The van der Waals surface area contributed by atoms with Crippen LogP contribution in [0, 0.1) is 0 Å². The van der Waals surface area contributed by atoms with Gasteiger partial charge in [-0.15, -0.1) is 11.3 Å². The molecule has 0 radical (unpaired) electrons. The molecule has 0 aromatic carbocycles. The number of rotatable bonds is 3. The van der Waals surface area contributed by atoms with E-state index in [0.717, 1.165) is 19.6 Å². The third-order valence-corrected chi connectivity index (χ3v) is 5.19. The molecule has 2 aliphatic heterocycles. The smallest absolute Gasteiger partial charge is 0.290 e. The van der Waals surface area contributed by atoms with E-state index in [0.29, 0.717) is 18.9 Å². The average molecular weight is 318 g/mol. The predicted molar refractivity (Wildman–Crippen MR) is 82.9 cm³/mol. The largest absolute Gasteiger partial charge is 0.459 e. The number of fused-ring (bicyclic) bond motifs is 1. The Balaban J connectivity index is 1.48. The molecule has 0 bridgehead atoms. The lowest BCUT2D eigenvalue weighted by Crippen LogP contribution is -2.53. The Labute approximate surface area is 133 Å². The average Bonchev–Trinajstić information content (AvgIpc) is 3.27. The zero-order valence-electron chi connectivity index (χ0n) is 12.2. The van der Waals surface area contributed by atoms with Crippen LogP contribution in [-0.4, -0.2) is 54.1 Å². The second-order valence-electron chi connectivity index (χ2n) is 5.73. The van der Waals surface area contributed by atoms with Gasteiger partial charge in [-0.2, -0.15) is 0 Å². The fraction of sp³-hybridized carbons (Fsp3) is 0.438. The molecule has 116 valence electrons. The first-order chi connectivity index (χ1) is 10.8. The number of ether oxygens (including phenoxy) is 1. The highest BCUT2D eigenvalue weighted by molar-refractivity contribution is 7.09. The second-order valence-corrected chi connectivity index (χ2v) is 6.76. The van der Waals surface area contributed by atoms with Crippen LogP contribution in [0.4, 0.5) is 0 Å². The summed E-state index contributed by atoms with van der Waals surface area (Å²) < 4.78 is 11.2. The van der Waals surface area contributed by atoms with Crippen LogP contribution in [-0.2, 0) is 11.3 Å². The Kier molecular flexibility index (Phi) is 3.73. The molecule has 0 N–H and O–H groups in total. The molecule has 0 aliphatic carbocycles. The van der Waals surface area contributed by atoms with Gasteiger partial charge < -0.3 is 14.1 Å². The van der Waals surface area contributed by atoms with Gasteiger partial charge >= 0.3 is 0 Å². The predicted octanol–water partition coefficient (Wildman–Crippen LogP) is 2.07. The van der Waals surface area contributed by atoms with E-state index < -0.39 is 0 Å². The summed E-state index contributed by atoms with van der Waals surface area (Å²) in [6.07, 6.45) is 1.65. The lowest BCUT2D eigenvalue weighted by atomic mass is 10.1. The monoisotopic (exact) mass is 318 g/mol. The van der Waals surface area contributed by atoms with Crippen LogP contribution in [0.1, 0.15) is 15.4 Å². The standard InChI is InChI=1S/C16H18N2O3S/c19-16(14-4-1-6-20-14)18-5-7-21-15-11-17(10-13(15)18)9-12-3-2-8-22-12/h1-4,6,8,13,15H,5,7,9-11H2/t13-,15+/m0/s1. The molecule has 6 heteroatoms. The molecule has 1 amide bonds. The Morgan fingerprint density at radius 3 is 3.05 bits per heavy atom. The van der Waals surface area contributed by atoms with E-state index in [9.17, 15) is 4.79 Å². The Bertz CT molecular complexity index is 626. The molecule has 4 rings (SSSR count). The van der Waals surface area contributed by atoms with Crippen LogP contribution >= 0.6 is 11.3 Å². The maximum Gasteiger partial charge on any atom is 0.290 e. The molecule has 0 unspecified atom stereocenters. The van der Waals surface area contributed by atoms with Gasteiger partial charge in [0.05, 0.1) is 25.0 Å². The highest BCUT2D eigenvalue weighted by Gasteiger charge is 2.42. The third-order valence-electron chi connectivity index (χ3n) is 4.33. The van der Waals surface area contributed by atoms with Gasteiger partial charge in [0.25, 0.3) is 5.91 Å². The summed E-state index contributed by atoms with van der Waals surface area (Å²) in [5, 5.41) is 2.10. The molecule has 0 spiro atoms. The number of carbonyl (C=O) groups excluding carboxylic acids is 1. The van der Waals surface area contributed by atoms with E-state index in [1.165, 1.54) is 4.88 Å². The van der Waals surface area contributed by atoms with Crippen molar-refractivity contribution in [3.05, 3.63) is 46.5 Å². The summed E-state index contributed by atoms with van der Waals surface area (Å²) in [7, 11) is 0. The van der Waals surface area contributed by atoms with Crippen molar-refractivity contribution < 1.29 is 13.9 Å². The number of furan rings is 1. The van der Waals surface area contributed by atoms with Crippen LogP contribution in [0.25, 0.3) is 0 Å². The number of morpholine rings is 1. The number of hydrogen-bond acceptors (Lipinski definition) is 5. The maximum absolute atomic E-state index is 12.6. The quantitative estimate of drug-likeness (QED) is 0.869. The summed E-state index contributed by atoms with van der Waals surface area (Å²) in [5.41, 5.74) is 0. The Morgan fingerprint density at radius 1 is 1.32 bits per heavy atom. The van der Waals surface area contributed by atoms with Crippen molar-refractivity contribution in [3.8, 4) is 0 Å². The molecule has 2 fully saturated rings. The first-order valence-corrected chi connectivity index (χ1v) is 8.40. The zero-order chi connectivity index (χ0) is 14.9. The van der Waals surface area contributed by atoms with Crippen LogP contribution in [0.15, 0.2) is 40.3 Å². The zero-order valence-corrected chi connectivity index (χ0v) is 13.0. The van der Waals surface area contributed by atoms with E-state index in [2.05, 4.69) is 22.4 Å². The summed E-state index contributed by atoms with van der Waals surface area (Å²) in [5.74, 6) is 0.388. The fourth-order valence-electron chi connectivity index (χ4n) is 3.31. The van der Waals surface area contributed by atoms with Gasteiger partial charge in [0.1, 0.15) is 0 Å². The molecule has 4 heterocycles. The van der Waals surface area contributed by atoms with Crippen LogP contribution in [0.5, 0.6) is 0 Å². The van der Waals surface area contributed by atoms with Crippen molar-refractivity contribution in [1.29, 1.82) is 0 Å². The normalized spacial score (nSPS) is 25.4.